The summed E-state index contributed by atoms with van der Waals surface area (Å²) in [5.74, 6) is -2.13. The Kier molecular flexibility index (Phi) is 3.30. The minimum absolute atomic E-state index is 0.0453. The summed E-state index contributed by atoms with van der Waals surface area (Å²) in [5, 5.41) is 13.3. The van der Waals surface area contributed by atoms with Crippen molar-refractivity contribution in [2.75, 3.05) is 18.8 Å². The van der Waals surface area contributed by atoms with Gasteiger partial charge in [-0.2, -0.15) is 0 Å². The second kappa shape index (κ2) is 4.15. The number of likely N-dealkylation sites (tertiary alicyclic amines) is 1. The van der Waals surface area contributed by atoms with Crippen LogP contribution in [-0.2, 0) is 19.6 Å². The third-order valence-electron chi connectivity index (χ3n) is 2.09. The molecule has 0 saturated carbocycles. The van der Waals surface area contributed by atoms with E-state index in [9.17, 15) is 18.0 Å². The second-order valence-corrected chi connectivity index (χ2v) is 5.23. The molecule has 0 spiro atoms. The molecule has 1 atom stereocenters. The largest absolute Gasteiger partial charge is 0.480 e. The molecule has 15 heavy (non-hydrogen) atoms. The van der Waals surface area contributed by atoms with Crippen molar-refractivity contribution < 1.29 is 23.1 Å². The van der Waals surface area contributed by atoms with Crippen molar-refractivity contribution in [2.24, 2.45) is 11.1 Å². The number of carbonyl (C=O) groups excluding carboxylic acids is 1. The summed E-state index contributed by atoms with van der Waals surface area (Å²) in [6.45, 7) is -0.248. The van der Waals surface area contributed by atoms with Crippen LogP contribution in [0.5, 0.6) is 0 Å². The SMILES string of the molecule is NS(=O)(=O)CC1CC(=O)N(CC(=O)O)C1. The standard InChI is InChI=1S/C7H12N2O5S/c8-15(13,14)4-5-1-6(10)9(2-5)3-7(11)12/h5H,1-4H2,(H,11,12)(H2,8,13,14). The smallest absolute Gasteiger partial charge is 0.323 e. The summed E-state index contributed by atoms with van der Waals surface area (Å²) in [5.41, 5.74) is 0. The number of amides is 1. The van der Waals surface area contributed by atoms with Gasteiger partial charge in [0.15, 0.2) is 0 Å². The van der Waals surface area contributed by atoms with E-state index in [0.29, 0.717) is 0 Å². The lowest BCUT2D eigenvalue weighted by atomic mass is 10.1. The average Bonchev–Trinajstić information content (AvgIpc) is 2.26. The fraction of sp³-hybridized carbons (Fsp3) is 0.714. The number of hydrogen-bond donors (Lipinski definition) is 2. The van der Waals surface area contributed by atoms with Gasteiger partial charge >= 0.3 is 5.97 Å². The predicted octanol–water partition coefficient (Wildman–Crippen LogP) is -1.79. The Hall–Kier alpha value is -1.15. The van der Waals surface area contributed by atoms with E-state index in [4.69, 9.17) is 10.2 Å². The zero-order valence-electron chi connectivity index (χ0n) is 7.92. The fourth-order valence-corrected chi connectivity index (χ4v) is 2.49. The molecule has 0 radical (unpaired) electrons. The van der Waals surface area contributed by atoms with E-state index in [0.717, 1.165) is 4.90 Å². The van der Waals surface area contributed by atoms with Gasteiger partial charge in [0.2, 0.25) is 15.9 Å². The number of hydrogen-bond acceptors (Lipinski definition) is 4. The molecule has 0 aromatic heterocycles. The average molecular weight is 236 g/mol. The first-order chi connectivity index (χ1) is 6.78. The monoisotopic (exact) mass is 236 g/mol. The van der Waals surface area contributed by atoms with E-state index >= 15 is 0 Å². The van der Waals surface area contributed by atoms with Crippen LogP contribution in [0.3, 0.4) is 0 Å². The number of nitrogens with two attached hydrogens (primary N) is 1. The second-order valence-electron chi connectivity index (χ2n) is 3.57. The molecule has 1 amide bonds. The first kappa shape index (κ1) is 11.9. The maximum Gasteiger partial charge on any atom is 0.323 e. The van der Waals surface area contributed by atoms with Crippen molar-refractivity contribution in [2.45, 2.75) is 6.42 Å². The minimum Gasteiger partial charge on any atom is -0.480 e. The molecule has 1 unspecified atom stereocenters. The van der Waals surface area contributed by atoms with Gasteiger partial charge in [-0.25, -0.2) is 13.6 Å². The highest BCUT2D eigenvalue weighted by Gasteiger charge is 2.32. The van der Waals surface area contributed by atoms with Crippen molar-refractivity contribution in [1.82, 2.24) is 4.90 Å². The zero-order chi connectivity index (χ0) is 11.6. The van der Waals surface area contributed by atoms with Gasteiger partial charge in [0, 0.05) is 18.9 Å². The molecule has 1 rings (SSSR count). The summed E-state index contributed by atoms with van der Waals surface area (Å²) in [6.07, 6.45) is 0.0453. The summed E-state index contributed by atoms with van der Waals surface area (Å²) in [4.78, 5) is 22.7. The van der Waals surface area contributed by atoms with Gasteiger partial charge in [-0.1, -0.05) is 0 Å². The molecule has 1 heterocycles. The van der Waals surface area contributed by atoms with Crippen LogP contribution in [0.2, 0.25) is 0 Å². The first-order valence-corrected chi connectivity index (χ1v) is 5.99. The van der Waals surface area contributed by atoms with Crippen LogP contribution in [0, 0.1) is 5.92 Å². The molecule has 0 aliphatic carbocycles. The van der Waals surface area contributed by atoms with Crippen LogP contribution in [0.25, 0.3) is 0 Å². The molecule has 0 bridgehead atoms. The van der Waals surface area contributed by atoms with E-state index in [1.54, 1.807) is 0 Å². The van der Waals surface area contributed by atoms with Gasteiger partial charge in [-0.3, -0.25) is 9.59 Å². The molecule has 8 heteroatoms. The van der Waals surface area contributed by atoms with Crippen LogP contribution in [-0.4, -0.2) is 49.1 Å². The van der Waals surface area contributed by atoms with Crippen molar-refractivity contribution in [3.8, 4) is 0 Å². The highest BCUT2D eigenvalue weighted by Crippen LogP contribution is 2.18. The summed E-state index contributed by atoms with van der Waals surface area (Å²) < 4.78 is 21.5. The maximum atomic E-state index is 11.2. The van der Waals surface area contributed by atoms with Gasteiger partial charge in [0.1, 0.15) is 6.54 Å². The Morgan fingerprint density at radius 3 is 2.67 bits per heavy atom. The van der Waals surface area contributed by atoms with E-state index in [-0.39, 0.29) is 31.2 Å². The van der Waals surface area contributed by atoms with Crippen LogP contribution < -0.4 is 5.14 Å². The van der Waals surface area contributed by atoms with Gasteiger partial charge in [-0.15, -0.1) is 0 Å². The molecule has 0 aromatic rings. The molecule has 0 aromatic carbocycles. The lowest BCUT2D eigenvalue weighted by Crippen LogP contribution is -2.32. The lowest BCUT2D eigenvalue weighted by molar-refractivity contribution is -0.142. The molecule has 1 aliphatic rings. The van der Waals surface area contributed by atoms with E-state index in [1.165, 1.54) is 0 Å². The van der Waals surface area contributed by atoms with Crippen molar-refractivity contribution in [3.63, 3.8) is 0 Å². The number of nitrogens with zero attached hydrogens (tertiary/aromatic N) is 1. The number of primary sulfonamides is 1. The minimum atomic E-state index is -3.61. The Morgan fingerprint density at radius 2 is 2.20 bits per heavy atom. The molecular weight excluding hydrogens is 224 g/mol. The third-order valence-corrected chi connectivity index (χ3v) is 3.02. The molecule has 1 saturated heterocycles. The number of carboxylic acids is 1. The number of sulfonamides is 1. The van der Waals surface area contributed by atoms with Crippen molar-refractivity contribution in [1.29, 1.82) is 0 Å². The number of aliphatic carboxylic acids is 1. The van der Waals surface area contributed by atoms with Crippen LogP contribution in [0.4, 0.5) is 0 Å². The summed E-state index contributed by atoms with van der Waals surface area (Å²) >= 11 is 0. The molecule has 1 fully saturated rings. The van der Waals surface area contributed by atoms with Crippen LogP contribution in [0.1, 0.15) is 6.42 Å². The number of carbonyl (C=O) groups is 2. The molecular formula is C7H12N2O5S. The van der Waals surface area contributed by atoms with Crippen LogP contribution >= 0.6 is 0 Å². The number of rotatable bonds is 4. The predicted molar refractivity (Wildman–Crippen MR) is 50.3 cm³/mol. The van der Waals surface area contributed by atoms with E-state index in [1.807, 2.05) is 0 Å². The highest BCUT2D eigenvalue weighted by atomic mass is 32.2. The quantitative estimate of drug-likeness (QED) is 0.597. The number of carboxylic acid groups (broad SMARTS) is 1. The van der Waals surface area contributed by atoms with Gasteiger partial charge in [-0.05, 0) is 0 Å². The lowest BCUT2D eigenvalue weighted by Gasteiger charge is -2.12. The van der Waals surface area contributed by atoms with E-state index < -0.39 is 21.9 Å². The normalized spacial score (nSPS) is 22.1. The summed E-state index contributed by atoms with van der Waals surface area (Å²) in [7, 11) is -3.61. The van der Waals surface area contributed by atoms with Gasteiger partial charge in [0.25, 0.3) is 0 Å². The zero-order valence-corrected chi connectivity index (χ0v) is 8.74. The summed E-state index contributed by atoms with van der Waals surface area (Å²) in [6, 6.07) is 0. The topological polar surface area (TPSA) is 118 Å². The van der Waals surface area contributed by atoms with E-state index in [2.05, 4.69) is 0 Å². The maximum absolute atomic E-state index is 11.2. The Labute approximate surface area is 86.9 Å². The molecule has 7 nitrogen and oxygen atoms in total. The molecule has 1 aliphatic heterocycles. The molecule has 86 valence electrons. The van der Waals surface area contributed by atoms with Crippen molar-refractivity contribution in [3.05, 3.63) is 0 Å². The van der Waals surface area contributed by atoms with Crippen molar-refractivity contribution >= 4 is 21.9 Å². The van der Waals surface area contributed by atoms with Gasteiger partial charge < -0.3 is 10.0 Å². The third kappa shape index (κ3) is 3.84. The van der Waals surface area contributed by atoms with Gasteiger partial charge in [0.05, 0.1) is 5.75 Å². The Balaban J connectivity index is 2.56. The van der Waals surface area contributed by atoms with Crippen LogP contribution in [0.15, 0.2) is 0 Å². The Bertz CT molecular complexity index is 377. The highest BCUT2D eigenvalue weighted by molar-refractivity contribution is 7.89. The first-order valence-electron chi connectivity index (χ1n) is 4.28. The molecule has 3 N–H and O–H groups in total. The Morgan fingerprint density at radius 1 is 1.60 bits per heavy atom. The fourth-order valence-electron chi connectivity index (χ4n) is 1.61.